The average molecular weight is 294 g/mol. The van der Waals surface area contributed by atoms with E-state index in [1.165, 1.54) is 16.7 Å². The van der Waals surface area contributed by atoms with E-state index in [2.05, 4.69) is 60.9 Å². The third kappa shape index (κ3) is 3.30. The molecule has 22 heavy (non-hydrogen) atoms. The molecule has 0 bridgehead atoms. The zero-order chi connectivity index (χ0) is 15.5. The summed E-state index contributed by atoms with van der Waals surface area (Å²) >= 11 is 0. The molecule has 0 unspecified atom stereocenters. The fourth-order valence-electron chi connectivity index (χ4n) is 2.96. The van der Waals surface area contributed by atoms with E-state index >= 15 is 0 Å². The van der Waals surface area contributed by atoms with Crippen LogP contribution in [-0.4, -0.2) is 12.1 Å². The van der Waals surface area contributed by atoms with Gasteiger partial charge in [0.05, 0.1) is 0 Å². The lowest BCUT2D eigenvalue weighted by Crippen LogP contribution is -2.38. The number of carbonyl (C=O) groups excluding carboxylic acids is 1. The molecule has 0 atom stereocenters. The van der Waals surface area contributed by atoms with E-state index in [1.54, 1.807) is 0 Å². The van der Waals surface area contributed by atoms with Gasteiger partial charge in [-0.2, -0.15) is 0 Å². The lowest BCUT2D eigenvalue weighted by atomic mass is 10.0. The van der Waals surface area contributed by atoms with Crippen molar-refractivity contribution in [3.05, 3.63) is 65.2 Å². The van der Waals surface area contributed by atoms with Gasteiger partial charge in [0, 0.05) is 11.7 Å². The fourth-order valence-corrected chi connectivity index (χ4v) is 2.96. The molecule has 3 nitrogen and oxygen atoms in total. The highest BCUT2D eigenvalue weighted by atomic mass is 16.2. The third-order valence-corrected chi connectivity index (χ3v) is 4.22. The van der Waals surface area contributed by atoms with Gasteiger partial charge in [-0.1, -0.05) is 50.2 Å². The molecule has 0 aliphatic heterocycles. The Morgan fingerprint density at radius 3 is 2.14 bits per heavy atom. The number of nitrogens with one attached hydrogen (secondary N) is 2. The van der Waals surface area contributed by atoms with E-state index in [0.29, 0.717) is 5.92 Å². The Labute approximate surface area is 131 Å². The molecule has 2 amide bonds. The van der Waals surface area contributed by atoms with Crippen LogP contribution in [-0.2, 0) is 12.8 Å². The van der Waals surface area contributed by atoms with Crippen LogP contribution in [0.4, 0.5) is 10.5 Å². The zero-order valence-corrected chi connectivity index (χ0v) is 13.1. The highest BCUT2D eigenvalue weighted by Gasteiger charge is 2.22. The molecule has 0 saturated carbocycles. The first-order chi connectivity index (χ1) is 10.6. The molecule has 2 aromatic carbocycles. The zero-order valence-electron chi connectivity index (χ0n) is 13.1. The van der Waals surface area contributed by atoms with Gasteiger partial charge < -0.3 is 10.6 Å². The molecule has 3 rings (SSSR count). The van der Waals surface area contributed by atoms with Crippen molar-refractivity contribution in [2.24, 2.45) is 0 Å². The molecular formula is C19H22N2O. The van der Waals surface area contributed by atoms with E-state index in [1.807, 2.05) is 12.1 Å². The summed E-state index contributed by atoms with van der Waals surface area (Å²) in [6.45, 7) is 4.32. The molecule has 2 N–H and O–H groups in total. The molecule has 0 fully saturated rings. The lowest BCUT2D eigenvalue weighted by Gasteiger charge is -2.13. The Balaban J connectivity index is 1.55. The molecule has 3 heteroatoms. The maximum atomic E-state index is 12.1. The minimum Gasteiger partial charge on any atom is -0.334 e. The normalized spacial score (nSPS) is 14.0. The molecule has 0 aromatic heterocycles. The quantitative estimate of drug-likeness (QED) is 0.879. The van der Waals surface area contributed by atoms with Crippen LogP contribution >= 0.6 is 0 Å². The highest BCUT2D eigenvalue weighted by Crippen LogP contribution is 2.22. The summed E-state index contributed by atoms with van der Waals surface area (Å²) in [5.41, 5.74) is 4.79. The molecule has 0 spiro atoms. The number of urea groups is 1. The number of hydrogen-bond donors (Lipinski definition) is 2. The molecular weight excluding hydrogens is 272 g/mol. The van der Waals surface area contributed by atoms with E-state index in [4.69, 9.17) is 0 Å². The van der Waals surface area contributed by atoms with Crippen molar-refractivity contribution in [3.8, 4) is 0 Å². The van der Waals surface area contributed by atoms with Gasteiger partial charge in [-0.05, 0) is 47.6 Å². The van der Waals surface area contributed by atoms with Crippen LogP contribution in [0.3, 0.4) is 0 Å². The van der Waals surface area contributed by atoms with Gasteiger partial charge in [-0.25, -0.2) is 4.79 Å². The predicted molar refractivity (Wildman–Crippen MR) is 90.3 cm³/mol. The lowest BCUT2D eigenvalue weighted by molar-refractivity contribution is 0.249. The largest absolute Gasteiger partial charge is 0.334 e. The van der Waals surface area contributed by atoms with Gasteiger partial charge in [0.25, 0.3) is 0 Å². The topological polar surface area (TPSA) is 41.1 Å². The number of amides is 2. The van der Waals surface area contributed by atoms with Crippen LogP contribution in [0.1, 0.15) is 36.5 Å². The number of anilines is 1. The van der Waals surface area contributed by atoms with Crippen LogP contribution in [0, 0.1) is 0 Å². The summed E-state index contributed by atoms with van der Waals surface area (Å²) in [6.07, 6.45) is 1.83. The van der Waals surface area contributed by atoms with Crippen LogP contribution in [0.5, 0.6) is 0 Å². The highest BCUT2D eigenvalue weighted by molar-refractivity contribution is 5.89. The Kier molecular flexibility index (Phi) is 4.14. The smallest absolute Gasteiger partial charge is 0.319 e. The molecule has 114 valence electrons. The summed E-state index contributed by atoms with van der Waals surface area (Å²) in [4.78, 5) is 12.1. The van der Waals surface area contributed by atoms with Crippen molar-refractivity contribution < 1.29 is 4.79 Å². The van der Waals surface area contributed by atoms with Crippen molar-refractivity contribution >= 4 is 11.7 Å². The van der Waals surface area contributed by atoms with Crippen LogP contribution < -0.4 is 10.6 Å². The molecule has 0 saturated heterocycles. The maximum absolute atomic E-state index is 12.1. The summed E-state index contributed by atoms with van der Waals surface area (Å²) in [6, 6.07) is 16.5. The third-order valence-electron chi connectivity index (χ3n) is 4.22. The van der Waals surface area contributed by atoms with Crippen LogP contribution in [0.15, 0.2) is 48.5 Å². The first-order valence-electron chi connectivity index (χ1n) is 7.86. The SMILES string of the molecule is CC(C)c1ccc(NC(=O)NC2Cc3ccccc3C2)cc1. The van der Waals surface area contributed by atoms with E-state index in [-0.39, 0.29) is 12.1 Å². The number of rotatable bonds is 3. The molecule has 1 aliphatic carbocycles. The van der Waals surface area contributed by atoms with Gasteiger partial charge in [0.1, 0.15) is 0 Å². The maximum Gasteiger partial charge on any atom is 0.319 e. The first kappa shape index (κ1) is 14.6. The predicted octanol–water partition coefficient (Wildman–Crippen LogP) is 4.10. The Bertz CT molecular complexity index is 636. The number of fused-ring (bicyclic) bond motifs is 1. The Morgan fingerprint density at radius 1 is 1.00 bits per heavy atom. The van der Waals surface area contributed by atoms with Crippen LogP contribution in [0.2, 0.25) is 0 Å². The summed E-state index contributed by atoms with van der Waals surface area (Å²) in [5, 5.41) is 5.97. The fraction of sp³-hybridized carbons (Fsp3) is 0.316. The van der Waals surface area contributed by atoms with Crippen molar-refractivity contribution in [3.63, 3.8) is 0 Å². The van der Waals surface area contributed by atoms with Gasteiger partial charge >= 0.3 is 6.03 Å². The van der Waals surface area contributed by atoms with Crippen LogP contribution in [0.25, 0.3) is 0 Å². The minimum atomic E-state index is -0.130. The van der Waals surface area contributed by atoms with Gasteiger partial charge in [0.15, 0.2) is 0 Å². The standard InChI is InChI=1S/C19H22N2O/c1-13(2)14-7-9-17(10-8-14)20-19(22)21-18-11-15-5-3-4-6-16(15)12-18/h3-10,13,18H,11-12H2,1-2H3,(H2,20,21,22). The first-order valence-corrected chi connectivity index (χ1v) is 7.86. The molecule has 2 aromatic rings. The van der Waals surface area contributed by atoms with Crippen molar-refractivity contribution in [1.82, 2.24) is 5.32 Å². The van der Waals surface area contributed by atoms with E-state index < -0.39 is 0 Å². The van der Waals surface area contributed by atoms with Gasteiger partial charge in [0.2, 0.25) is 0 Å². The second-order valence-electron chi connectivity index (χ2n) is 6.25. The van der Waals surface area contributed by atoms with E-state index in [9.17, 15) is 4.79 Å². The van der Waals surface area contributed by atoms with Crippen molar-refractivity contribution in [1.29, 1.82) is 0 Å². The second-order valence-corrected chi connectivity index (χ2v) is 6.25. The minimum absolute atomic E-state index is 0.130. The molecule has 1 aliphatic rings. The second kappa shape index (κ2) is 6.22. The van der Waals surface area contributed by atoms with Crippen molar-refractivity contribution in [2.45, 2.75) is 38.6 Å². The Hall–Kier alpha value is -2.29. The van der Waals surface area contributed by atoms with Gasteiger partial charge in [-0.3, -0.25) is 0 Å². The summed E-state index contributed by atoms with van der Waals surface area (Å²) in [7, 11) is 0. The average Bonchev–Trinajstić information content (AvgIpc) is 2.89. The van der Waals surface area contributed by atoms with Gasteiger partial charge in [-0.15, -0.1) is 0 Å². The monoisotopic (exact) mass is 294 g/mol. The van der Waals surface area contributed by atoms with Crippen molar-refractivity contribution in [2.75, 3.05) is 5.32 Å². The number of carbonyl (C=O) groups is 1. The molecule has 0 radical (unpaired) electrons. The number of benzene rings is 2. The van der Waals surface area contributed by atoms with E-state index in [0.717, 1.165) is 18.5 Å². The summed E-state index contributed by atoms with van der Waals surface area (Å²) in [5.74, 6) is 0.500. The summed E-state index contributed by atoms with van der Waals surface area (Å²) < 4.78 is 0. The number of hydrogen-bond acceptors (Lipinski definition) is 1. The molecule has 0 heterocycles. The Morgan fingerprint density at radius 2 is 1.59 bits per heavy atom.